The Morgan fingerprint density at radius 1 is 0.839 bits per heavy atom. The average molecular weight is 454 g/mol. The molecule has 2 aliphatic rings. The highest BCUT2D eigenvalue weighted by Gasteiger charge is 2.50. The molecule has 13 heteroatoms. The summed E-state index contributed by atoms with van der Waals surface area (Å²) in [6.07, 6.45) is -15.3. The summed E-state index contributed by atoms with van der Waals surface area (Å²) >= 11 is 0. The first-order valence-corrected chi connectivity index (χ1v) is 9.65. The predicted molar refractivity (Wildman–Crippen MR) is 98.1 cm³/mol. The molecule has 2 rings (SSSR count). The van der Waals surface area contributed by atoms with Gasteiger partial charge in [0.05, 0.1) is 19.8 Å². The van der Waals surface area contributed by atoms with Crippen LogP contribution in [0, 0.1) is 0 Å². The largest absolute Gasteiger partial charge is 0.460 e. The van der Waals surface area contributed by atoms with E-state index in [2.05, 4.69) is 6.58 Å². The van der Waals surface area contributed by atoms with Crippen LogP contribution in [0.15, 0.2) is 12.2 Å². The van der Waals surface area contributed by atoms with Crippen molar-refractivity contribution < 1.29 is 64.2 Å². The van der Waals surface area contributed by atoms with Crippen LogP contribution in [0.1, 0.15) is 6.92 Å². The van der Waals surface area contributed by atoms with E-state index in [0.717, 1.165) is 0 Å². The minimum atomic E-state index is -1.75. The molecule has 2 aliphatic heterocycles. The van der Waals surface area contributed by atoms with Crippen molar-refractivity contribution >= 4 is 5.97 Å². The summed E-state index contributed by atoms with van der Waals surface area (Å²) in [4.78, 5) is 11.3. The van der Waals surface area contributed by atoms with Gasteiger partial charge >= 0.3 is 5.97 Å². The average Bonchev–Trinajstić information content (AvgIpc) is 2.75. The van der Waals surface area contributed by atoms with Crippen LogP contribution in [0.5, 0.6) is 0 Å². The van der Waals surface area contributed by atoms with E-state index in [0.29, 0.717) is 0 Å². The zero-order valence-electron chi connectivity index (χ0n) is 16.9. The van der Waals surface area contributed by atoms with Gasteiger partial charge in [0, 0.05) is 5.57 Å². The molecule has 2 heterocycles. The van der Waals surface area contributed by atoms with Crippen molar-refractivity contribution in [3.63, 3.8) is 0 Å². The third-order valence-electron chi connectivity index (χ3n) is 4.91. The van der Waals surface area contributed by atoms with Gasteiger partial charge in [-0.05, 0) is 6.92 Å². The zero-order valence-corrected chi connectivity index (χ0v) is 16.9. The van der Waals surface area contributed by atoms with Crippen molar-refractivity contribution in [3.8, 4) is 0 Å². The molecule has 0 aromatic carbocycles. The van der Waals surface area contributed by atoms with Crippen LogP contribution in [0.3, 0.4) is 0 Å². The van der Waals surface area contributed by atoms with Crippen LogP contribution in [-0.2, 0) is 28.5 Å². The highest BCUT2D eigenvalue weighted by Crippen LogP contribution is 2.29. The monoisotopic (exact) mass is 454 g/mol. The van der Waals surface area contributed by atoms with E-state index in [1.54, 1.807) is 0 Å². The SMILES string of the molecule is C=C(C)C(=O)OCCO[C@@H]1O[C@H](CO)[C@H](O[C@@H]2O[C@H](CO)[C@H](O)[C@H](O)[C@H]2O)[C@H](O)[C@H]1O. The molecule has 0 aromatic heterocycles. The summed E-state index contributed by atoms with van der Waals surface area (Å²) in [5.74, 6) is -0.630. The van der Waals surface area contributed by atoms with Gasteiger partial charge in [0.25, 0.3) is 0 Å². The quantitative estimate of drug-likeness (QED) is 0.100. The molecule has 0 aliphatic carbocycles. The van der Waals surface area contributed by atoms with Gasteiger partial charge < -0.3 is 59.4 Å². The van der Waals surface area contributed by atoms with Crippen LogP contribution in [0.2, 0.25) is 0 Å². The van der Waals surface area contributed by atoms with E-state index >= 15 is 0 Å². The van der Waals surface area contributed by atoms with E-state index in [4.69, 9.17) is 23.7 Å². The van der Waals surface area contributed by atoms with E-state index in [1.165, 1.54) is 6.92 Å². The third-order valence-corrected chi connectivity index (χ3v) is 4.91. The summed E-state index contributed by atoms with van der Waals surface area (Å²) in [7, 11) is 0. The Morgan fingerprint density at radius 3 is 2.00 bits per heavy atom. The maximum Gasteiger partial charge on any atom is 0.333 e. The van der Waals surface area contributed by atoms with Crippen LogP contribution >= 0.6 is 0 Å². The Bertz CT molecular complexity index is 597. The maximum absolute atomic E-state index is 11.3. The number of rotatable bonds is 9. The van der Waals surface area contributed by atoms with Crippen molar-refractivity contribution in [1.29, 1.82) is 0 Å². The number of aliphatic hydroxyl groups is 7. The molecule has 10 atom stereocenters. The number of hydrogen-bond acceptors (Lipinski definition) is 13. The Balaban J connectivity index is 1.97. The van der Waals surface area contributed by atoms with Crippen molar-refractivity contribution in [3.05, 3.63) is 12.2 Å². The molecule has 0 spiro atoms. The van der Waals surface area contributed by atoms with Crippen LogP contribution in [-0.4, -0.2) is 130 Å². The highest BCUT2D eigenvalue weighted by atomic mass is 16.7. The van der Waals surface area contributed by atoms with Crippen molar-refractivity contribution in [2.45, 2.75) is 68.3 Å². The molecule has 180 valence electrons. The van der Waals surface area contributed by atoms with Crippen molar-refractivity contribution in [2.24, 2.45) is 0 Å². The molecule has 7 N–H and O–H groups in total. The first-order chi connectivity index (χ1) is 14.6. The second-order valence-electron chi connectivity index (χ2n) is 7.29. The first-order valence-electron chi connectivity index (χ1n) is 9.65. The second-order valence-corrected chi connectivity index (χ2v) is 7.29. The number of esters is 1. The van der Waals surface area contributed by atoms with Gasteiger partial charge in [0.15, 0.2) is 12.6 Å². The van der Waals surface area contributed by atoms with Crippen LogP contribution in [0.25, 0.3) is 0 Å². The third kappa shape index (κ3) is 6.18. The van der Waals surface area contributed by atoms with Gasteiger partial charge in [0.1, 0.15) is 55.4 Å². The maximum atomic E-state index is 11.3. The fourth-order valence-corrected chi connectivity index (χ4v) is 3.11. The summed E-state index contributed by atoms with van der Waals surface area (Å²) in [5.41, 5.74) is 0.193. The fraction of sp³-hybridized carbons (Fsp3) is 0.833. The number of aliphatic hydroxyl groups excluding tert-OH is 7. The van der Waals surface area contributed by atoms with Gasteiger partial charge in [-0.3, -0.25) is 0 Å². The molecule has 0 radical (unpaired) electrons. The number of carbonyl (C=O) groups excluding carboxylic acids is 1. The Morgan fingerprint density at radius 2 is 1.42 bits per heavy atom. The minimum absolute atomic E-state index is 0.178. The molecule has 2 fully saturated rings. The lowest BCUT2D eigenvalue weighted by Gasteiger charge is -2.45. The smallest absolute Gasteiger partial charge is 0.333 e. The summed E-state index contributed by atoms with van der Waals surface area (Å²) < 4.78 is 26.1. The van der Waals surface area contributed by atoms with Gasteiger partial charge in [-0.25, -0.2) is 4.79 Å². The van der Waals surface area contributed by atoms with Crippen molar-refractivity contribution in [2.75, 3.05) is 26.4 Å². The summed E-state index contributed by atoms with van der Waals surface area (Å²) in [6, 6.07) is 0. The molecular formula is C18H30O13. The van der Waals surface area contributed by atoms with Gasteiger partial charge in [-0.1, -0.05) is 6.58 Å². The molecule has 0 aromatic rings. The zero-order chi connectivity index (χ0) is 23.3. The van der Waals surface area contributed by atoms with E-state index < -0.39 is 80.6 Å². The van der Waals surface area contributed by atoms with Crippen LogP contribution < -0.4 is 0 Å². The second kappa shape index (κ2) is 11.6. The van der Waals surface area contributed by atoms with Crippen LogP contribution in [0.4, 0.5) is 0 Å². The molecule has 0 bridgehead atoms. The molecular weight excluding hydrogens is 424 g/mol. The fourth-order valence-electron chi connectivity index (χ4n) is 3.11. The lowest BCUT2D eigenvalue weighted by atomic mass is 9.97. The Labute approximate surface area is 178 Å². The molecule has 0 saturated carbocycles. The summed E-state index contributed by atoms with van der Waals surface area (Å²) in [6.45, 7) is 3.15. The standard InChI is InChI=1S/C18H30O13/c1-7(2)16(26)27-3-4-28-17-14(25)12(23)15(9(6-20)30-17)31-18-13(24)11(22)10(21)8(5-19)29-18/h8-15,17-25H,1,3-6H2,2H3/t8-,9-,10+,11+,12-,13-,14-,15+,17-,18+/m1/s1. The molecule has 0 unspecified atom stereocenters. The summed E-state index contributed by atoms with van der Waals surface area (Å²) in [5, 5.41) is 69.3. The lowest BCUT2D eigenvalue weighted by Crippen LogP contribution is -2.64. The molecule has 31 heavy (non-hydrogen) atoms. The Hall–Kier alpha value is -1.23. The normalized spacial score (nSPS) is 41.0. The lowest BCUT2D eigenvalue weighted by molar-refractivity contribution is -0.359. The minimum Gasteiger partial charge on any atom is -0.460 e. The number of ether oxygens (including phenoxy) is 5. The first kappa shape index (κ1) is 26.0. The highest BCUT2D eigenvalue weighted by molar-refractivity contribution is 5.86. The number of carbonyl (C=O) groups is 1. The van der Waals surface area contributed by atoms with E-state index in [-0.39, 0.29) is 18.8 Å². The van der Waals surface area contributed by atoms with Gasteiger partial charge in [-0.15, -0.1) is 0 Å². The topological polar surface area (TPSA) is 205 Å². The van der Waals surface area contributed by atoms with E-state index in [1.807, 2.05) is 0 Å². The predicted octanol–water partition coefficient (Wildman–Crippen LogP) is -4.25. The Kier molecular flexibility index (Phi) is 9.72. The van der Waals surface area contributed by atoms with Gasteiger partial charge in [-0.2, -0.15) is 0 Å². The molecule has 2 saturated heterocycles. The molecule has 13 nitrogen and oxygen atoms in total. The molecule has 0 amide bonds. The van der Waals surface area contributed by atoms with Crippen molar-refractivity contribution in [1.82, 2.24) is 0 Å². The number of hydrogen-bond donors (Lipinski definition) is 7. The van der Waals surface area contributed by atoms with E-state index in [9.17, 15) is 40.5 Å². The van der Waals surface area contributed by atoms with Gasteiger partial charge in [0.2, 0.25) is 0 Å².